The van der Waals surface area contributed by atoms with E-state index in [1.165, 1.54) is 14.2 Å². The van der Waals surface area contributed by atoms with Gasteiger partial charge in [-0.15, -0.1) is 0 Å². The third-order valence-electron chi connectivity index (χ3n) is 2.53. The van der Waals surface area contributed by atoms with Crippen LogP contribution in [0.1, 0.15) is 5.56 Å². The highest BCUT2D eigenvalue weighted by Crippen LogP contribution is 2.37. The number of phenols is 1. The summed E-state index contributed by atoms with van der Waals surface area (Å²) >= 11 is 4.83. The van der Waals surface area contributed by atoms with Gasteiger partial charge in [0.25, 0.3) is 5.91 Å². The maximum atomic E-state index is 11.5. The Balaban J connectivity index is 2.43. The van der Waals surface area contributed by atoms with E-state index >= 15 is 0 Å². The van der Waals surface area contributed by atoms with Gasteiger partial charge >= 0.3 is 0 Å². The van der Waals surface area contributed by atoms with Gasteiger partial charge in [-0.3, -0.25) is 10.1 Å². The summed E-state index contributed by atoms with van der Waals surface area (Å²) in [4.78, 5) is 11.5. The molecule has 0 unspecified atom stereocenters. The van der Waals surface area contributed by atoms with Crippen LogP contribution in [0.4, 0.5) is 0 Å². The maximum Gasteiger partial charge on any atom is 0.273 e. The molecule has 2 rings (SSSR count). The zero-order chi connectivity index (χ0) is 14.0. The van der Waals surface area contributed by atoms with Gasteiger partial charge < -0.3 is 19.9 Å². The van der Waals surface area contributed by atoms with Crippen LogP contribution in [0.15, 0.2) is 17.8 Å². The van der Waals surface area contributed by atoms with Crippen LogP contribution in [-0.4, -0.2) is 30.3 Å². The molecule has 0 aromatic heterocycles. The van der Waals surface area contributed by atoms with Crippen molar-refractivity contribution in [1.29, 1.82) is 0 Å². The number of rotatable bonds is 3. The molecule has 0 bridgehead atoms. The van der Waals surface area contributed by atoms with Crippen LogP contribution >= 0.6 is 12.2 Å². The van der Waals surface area contributed by atoms with E-state index in [-0.39, 0.29) is 28.3 Å². The minimum absolute atomic E-state index is 0.0912. The SMILES string of the molecule is COc1cc(/C=C2\NC(=S)NC2=O)cc(OC)c1O. The summed E-state index contributed by atoms with van der Waals surface area (Å²) < 4.78 is 10.1. The molecule has 1 saturated heterocycles. The Morgan fingerprint density at radius 2 is 1.79 bits per heavy atom. The van der Waals surface area contributed by atoms with Crippen molar-refractivity contribution in [3.05, 3.63) is 23.4 Å². The highest BCUT2D eigenvalue weighted by atomic mass is 32.1. The summed E-state index contributed by atoms with van der Waals surface area (Å²) in [5.74, 6) is 0.113. The first-order valence-electron chi connectivity index (χ1n) is 5.34. The molecule has 1 heterocycles. The monoisotopic (exact) mass is 280 g/mol. The van der Waals surface area contributed by atoms with Crippen molar-refractivity contribution in [2.24, 2.45) is 0 Å². The molecule has 0 atom stereocenters. The van der Waals surface area contributed by atoms with E-state index in [0.29, 0.717) is 11.3 Å². The van der Waals surface area contributed by atoms with Gasteiger partial charge in [0, 0.05) is 0 Å². The molecule has 100 valence electrons. The number of carbonyl (C=O) groups is 1. The van der Waals surface area contributed by atoms with E-state index in [1.807, 2.05) is 0 Å². The normalized spacial score (nSPS) is 16.2. The minimum Gasteiger partial charge on any atom is -0.502 e. The summed E-state index contributed by atoms with van der Waals surface area (Å²) in [6.45, 7) is 0. The number of thiocarbonyl (C=S) groups is 1. The number of hydrogen-bond donors (Lipinski definition) is 3. The number of aromatic hydroxyl groups is 1. The minimum atomic E-state index is -0.309. The average molecular weight is 280 g/mol. The van der Waals surface area contributed by atoms with E-state index in [4.69, 9.17) is 21.7 Å². The molecule has 0 saturated carbocycles. The predicted molar refractivity (Wildman–Crippen MR) is 73.1 cm³/mol. The molecule has 3 N–H and O–H groups in total. The van der Waals surface area contributed by atoms with Crippen molar-refractivity contribution in [3.63, 3.8) is 0 Å². The molecule has 0 aliphatic carbocycles. The van der Waals surface area contributed by atoms with Crippen LogP contribution in [-0.2, 0) is 4.79 Å². The number of benzene rings is 1. The second-order valence-corrected chi connectivity index (χ2v) is 4.15. The Labute approximate surface area is 115 Å². The standard InChI is InChI=1S/C12H12N2O4S/c1-17-8-4-6(5-9(18-2)10(8)15)3-7-11(16)14-12(19)13-7/h3-5,15H,1-2H3,(H2,13,14,16,19)/b7-3-. The molecule has 0 radical (unpaired) electrons. The maximum absolute atomic E-state index is 11.5. The Bertz CT molecular complexity index is 558. The zero-order valence-corrected chi connectivity index (χ0v) is 11.1. The largest absolute Gasteiger partial charge is 0.502 e. The molecule has 1 aliphatic heterocycles. The molecular weight excluding hydrogens is 268 g/mol. The number of ether oxygens (including phenoxy) is 2. The van der Waals surface area contributed by atoms with Crippen LogP contribution < -0.4 is 20.1 Å². The fraction of sp³-hybridized carbons (Fsp3) is 0.167. The Morgan fingerprint density at radius 3 is 2.21 bits per heavy atom. The van der Waals surface area contributed by atoms with E-state index in [9.17, 15) is 9.90 Å². The van der Waals surface area contributed by atoms with Crippen molar-refractivity contribution < 1.29 is 19.4 Å². The van der Waals surface area contributed by atoms with Crippen LogP contribution in [0, 0.1) is 0 Å². The fourth-order valence-electron chi connectivity index (χ4n) is 1.65. The lowest BCUT2D eigenvalue weighted by atomic mass is 10.1. The topological polar surface area (TPSA) is 79.8 Å². The molecular formula is C12H12N2O4S. The van der Waals surface area contributed by atoms with Crippen LogP contribution in [0.3, 0.4) is 0 Å². The van der Waals surface area contributed by atoms with E-state index < -0.39 is 0 Å². The van der Waals surface area contributed by atoms with Gasteiger partial charge in [0.1, 0.15) is 5.70 Å². The third kappa shape index (κ3) is 2.60. The molecule has 7 heteroatoms. The molecule has 1 fully saturated rings. The van der Waals surface area contributed by atoms with Crippen LogP contribution in [0.5, 0.6) is 17.2 Å². The first-order chi connectivity index (χ1) is 9.05. The quantitative estimate of drug-likeness (QED) is 0.560. The molecule has 1 aromatic rings. The Morgan fingerprint density at radius 1 is 1.21 bits per heavy atom. The number of carbonyl (C=O) groups excluding carboxylic acids is 1. The highest BCUT2D eigenvalue weighted by molar-refractivity contribution is 7.80. The second-order valence-electron chi connectivity index (χ2n) is 3.74. The lowest BCUT2D eigenvalue weighted by Gasteiger charge is -2.09. The van der Waals surface area contributed by atoms with Gasteiger partial charge in [0.2, 0.25) is 5.75 Å². The van der Waals surface area contributed by atoms with Gasteiger partial charge in [-0.05, 0) is 36.0 Å². The summed E-state index contributed by atoms with van der Waals surface area (Å²) in [5, 5.41) is 15.2. The summed E-state index contributed by atoms with van der Waals surface area (Å²) in [6.07, 6.45) is 1.58. The summed E-state index contributed by atoms with van der Waals surface area (Å²) in [6, 6.07) is 3.17. The first kappa shape index (κ1) is 13.2. The number of hydrogen-bond acceptors (Lipinski definition) is 5. The Hall–Kier alpha value is -2.28. The van der Waals surface area contributed by atoms with E-state index in [0.717, 1.165) is 0 Å². The first-order valence-corrected chi connectivity index (χ1v) is 5.75. The molecule has 19 heavy (non-hydrogen) atoms. The lowest BCUT2D eigenvalue weighted by molar-refractivity contribution is -0.115. The number of nitrogens with one attached hydrogen (secondary N) is 2. The molecule has 0 spiro atoms. The third-order valence-corrected chi connectivity index (χ3v) is 2.74. The van der Waals surface area contributed by atoms with Crippen molar-refractivity contribution in [2.75, 3.05) is 14.2 Å². The van der Waals surface area contributed by atoms with Crippen molar-refractivity contribution >= 4 is 29.3 Å². The van der Waals surface area contributed by atoms with Gasteiger partial charge in [-0.1, -0.05) is 0 Å². The number of phenolic OH excluding ortho intramolecular Hbond substituents is 1. The number of methoxy groups -OCH3 is 2. The van der Waals surface area contributed by atoms with Gasteiger partial charge in [0.05, 0.1) is 14.2 Å². The molecule has 1 amide bonds. The molecule has 1 aliphatic rings. The van der Waals surface area contributed by atoms with Crippen molar-refractivity contribution in [2.45, 2.75) is 0 Å². The predicted octanol–water partition coefficient (Wildman–Crippen LogP) is 0.755. The molecule has 6 nitrogen and oxygen atoms in total. The van der Waals surface area contributed by atoms with Crippen LogP contribution in [0.2, 0.25) is 0 Å². The van der Waals surface area contributed by atoms with Gasteiger partial charge in [0.15, 0.2) is 16.6 Å². The smallest absolute Gasteiger partial charge is 0.273 e. The lowest BCUT2D eigenvalue weighted by Crippen LogP contribution is -2.21. The second kappa shape index (κ2) is 5.15. The molecule has 1 aromatic carbocycles. The van der Waals surface area contributed by atoms with Crippen molar-refractivity contribution in [1.82, 2.24) is 10.6 Å². The number of amides is 1. The van der Waals surface area contributed by atoms with E-state index in [2.05, 4.69) is 10.6 Å². The highest BCUT2D eigenvalue weighted by Gasteiger charge is 2.20. The van der Waals surface area contributed by atoms with Crippen molar-refractivity contribution in [3.8, 4) is 17.2 Å². The van der Waals surface area contributed by atoms with Gasteiger partial charge in [-0.2, -0.15) is 0 Å². The van der Waals surface area contributed by atoms with E-state index in [1.54, 1.807) is 18.2 Å². The average Bonchev–Trinajstić information content (AvgIpc) is 2.69. The van der Waals surface area contributed by atoms with Crippen LogP contribution in [0.25, 0.3) is 6.08 Å². The van der Waals surface area contributed by atoms with Gasteiger partial charge in [-0.25, -0.2) is 0 Å². The summed E-state index contributed by atoms with van der Waals surface area (Å²) in [7, 11) is 2.86. The zero-order valence-electron chi connectivity index (χ0n) is 10.3. The fourth-order valence-corrected chi connectivity index (χ4v) is 1.85. The summed E-state index contributed by atoms with van der Waals surface area (Å²) in [5.41, 5.74) is 0.952. The Kier molecular flexibility index (Phi) is 3.57.